The van der Waals surface area contributed by atoms with Crippen LogP contribution in [-0.2, 0) is 6.42 Å². The summed E-state index contributed by atoms with van der Waals surface area (Å²) < 4.78 is 5.77. The predicted octanol–water partition coefficient (Wildman–Crippen LogP) is 6.51. The Morgan fingerprint density at radius 3 is 2.54 bits per heavy atom. The van der Waals surface area contributed by atoms with E-state index in [4.69, 9.17) is 10.5 Å². The molecular formula is C30H29N3O3S. The second-order valence-electron chi connectivity index (χ2n) is 8.92. The molecule has 1 atom stereocenters. The number of nitrogen functional groups attached to an aromatic ring is 1. The number of thiophene rings is 1. The molecule has 4 N–H and O–H groups in total. The third-order valence-electron chi connectivity index (χ3n) is 6.52. The van der Waals surface area contributed by atoms with E-state index in [1.165, 1.54) is 16.9 Å². The van der Waals surface area contributed by atoms with Gasteiger partial charge in [-0.3, -0.25) is 9.59 Å². The van der Waals surface area contributed by atoms with Gasteiger partial charge in [0.2, 0.25) is 5.78 Å². The molecule has 0 unspecified atom stereocenters. The first kappa shape index (κ1) is 24.6. The molecule has 1 aliphatic carbocycles. The number of hydrogen-bond donors (Lipinski definition) is 3. The lowest BCUT2D eigenvalue weighted by Gasteiger charge is -2.26. The summed E-state index contributed by atoms with van der Waals surface area (Å²) in [6.07, 6.45) is 2.84. The number of benzene rings is 3. The number of anilines is 3. The van der Waals surface area contributed by atoms with Crippen LogP contribution in [0.15, 0.2) is 78.9 Å². The molecule has 0 saturated heterocycles. The van der Waals surface area contributed by atoms with Crippen molar-refractivity contribution in [2.75, 3.05) is 17.7 Å². The van der Waals surface area contributed by atoms with Gasteiger partial charge in [0, 0.05) is 5.56 Å². The van der Waals surface area contributed by atoms with Crippen LogP contribution >= 0.6 is 11.3 Å². The molecule has 6 nitrogen and oxygen atoms in total. The molecule has 0 aliphatic heterocycles. The Balaban J connectivity index is 1.53. The summed E-state index contributed by atoms with van der Waals surface area (Å²) >= 11 is 1.18. The van der Waals surface area contributed by atoms with Crippen LogP contribution in [0.3, 0.4) is 0 Å². The molecule has 3 aromatic carbocycles. The van der Waals surface area contributed by atoms with E-state index in [1.807, 2.05) is 61.5 Å². The maximum atomic E-state index is 13.8. The van der Waals surface area contributed by atoms with Crippen molar-refractivity contribution in [3.63, 3.8) is 0 Å². The number of hydrogen-bond acceptors (Lipinski definition) is 6. The van der Waals surface area contributed by atoms with E-state index in [9.17, 15) is 9.59 Å². The Bertz CT molecular complexity index is 1430. The molecule has 37 heavy (non-hydrogen) atoms. The summed E-state index contributed by atoms with van der Waals surface area (Å²) in [6.45, 7) is 2.41. The highest BCUT2D eigenvalue weighted by Crippen LogP contribution is 2.41. The van der Waals surface area contributed by atoms with Crippen molar-refractivity contribution in [2.45, 2.75) is 32.2 Å². The largest absolute Gasteiger partial charge is 0.492 e. The second kappa shape index (κ2) is 10.9. The second-order valence-corrected chi connectivity index (χ2v) is 9.94. The number of amides is 1. The van der Waals surface area contributed by atoms with Crippen LogP contribution in [0.5, 0.6) is 5.75 Å². The molecule has 1 amide bonds. The molecule has 0 spiro atoms. The molecule has 5 rings (SSSR count). The number of rotatable bonds is 8. The molecule has 0 saturated carbocycles. The highest BCUT2D eigenvalue weighted by Gasteiger charge is 2.29. The Kier molecular flexibility index (Phi) is 7.23. The number of carbonyl (C=O) groups excluding carboxylic acids is 2. The average Bonchev–Trinajstić information content (AvgIpc) is 3.25. The van der Waals surface area contributed by atoms with Crippen LogP contribution in [0.1, 0.15) is 62.5 Å². The Morgan fingerprint density at radius 1 is 1.00 bits per heavy atom. The molecule has 0 fully saturated rings. The summed E-state index contributed by atoms with van der Waals surface area (Å²) in [6, 6.07) is 24.6. The van der Waals surface area contributed by atoms with Gasteiger partial charge in [0.15, 0.2) is 0 Å². The van der Waals surface area contributed by atoms with Gasteiger partial charge < -0.3 is 21.1 Å². The third-order valence-corrected chi connectivity index (χ3v) is 7.64. The molecule has 4 aromatic rings. The van der Waals surface area contributed by atoms with Gasteiger partial charge >= 0.3 is 0 Å². The number of carbonyl (C=O) groups is 2. The summed E-state index contributed by atoms with van der Waals surface area (Å²) in [7, 11) is 0. The van der Waals surface area contributed by atoms with Crippen LogP contribution in [0, 0.1) is 0 Å². The zero-order valence-corrected chi connectivity index (χ0v) is 21.4. The predicted molar refractivity (Wildman–Crippen MR) is 149 cm³/mol. The average molecular weight is 512 g/mol. The summed E-state index contributed by atoms with van der Waals surface area (Å²) in [5.41, 5.74) is 10.6. The van der Waals surface area contributed by atoms with Gasteiger partial charge in [-0.1, -0.05) is 66.7 Å². The Morgan fingerprint density at radius 2 is 1.73 bits per heavy atom. The van der Waals surface area contributed by atoms with Crippen LogP contribution in [0.25, 0.3) is 0 Å². The molecule has 1 aromatic heterocycles. The monoisotopic (exact) mass is 511 g/mol. The SMILES string of the molecule is CCOc1ccccc1Nc1sc(C(=O)c2ccccc2)c(N)c1C(=O)N[C@@H]1CCCc2ccccc21. The summed E-state index contributed by atoms with van der Waals surface area (Å²) in [4.78, 5) is 27.5. The van der Waals surface area contributed by atoms with Gasteiger partial charge in [-0.2, -0.15) is 0 Å². The lowest BCUT2D eigenvalue weighted by molar-refractivity contribution is 0.0934. The van der Waals surface area contributed by atoms with Crippen molar-refractivity contribution in [3.8, 4) is 5.75 Å². The summed E-state index contributed by atoms with van der Waals surface area (Å²) in [5.74, 6) is 0.130. The van der Waals surface area contributed by atoms with E-state index in [2.05, 4.69) is 22.8 Å². The standard InChI is InChI=1S/C30H29N3O3S/c1-2-36-24-18-9-8-16-23(24)33-30-25(26(31)28(37-30)27(34)20-12-4-3-5-13-20)29(35)32-22-17-10-14-19-11-6-7-15-21(19)22/h3-9,11-13,15-16,18,22,33H,2,10,14,17,31H2,1H3,(H,32,35)/t22-/m1/s1. The smallest absolute Gasteiger partial charge is 0.256 e. The highest BCUT2D eigenvalue weighted by atomic mass is 32.1. The minimum atomic E-state index is -0.307. The van der Waals surface area contributed by atoms with E-state index < -0.39 is 0 Å². The first-order valence-electron chi connectivity index (χ1n) is 12.5. The maximum Gasteiger partial charge on any atom is 0.256 e. The molecule has 1 aliphatic rings. The van der Waals surface area contributed by atoms with Crippen molar-refractivity contribution < 1.29 is 14.3 Å². The molecular weight excluding hydrogens is 482 g/mol. The Hall–Kier alpha value is -4.10. The zero-order chi connectivity index (χ0) is 25.8. The van der Waals surface area contributed by atoms with E-state index >= 15 is 0 Å². The van der Waals surface area contributed by atoms with Crippen molar-refractivity contribution in [1.29, 1.82) is 0 Å². The van der Waals surface area contributed by atoms with Crippen LogP contribution < -0.4 is 21.1 Å². The fourth-order valence-electron chi connectivity index (χ4n) is 4.75. The minimum Gasteiger partial charge on any atom is -0.492 e. The van der Waals surface area contributed by atoms with Crippen molar-refractivity contribution in [2.24, 2.45) is 0 Å². The van der Waals surface area contributed by atoms with Crippen LogP contribution in [0.2, 0.25) is 0 Å². The van der Waals surface area contributed by atoms with E-state index in [0.29, 0.717) is 33.5 Å². The molecule has 1 heterocycles. The molecule has 188 valence electrons. The van der Waals surface area contributed by atoms with Gasteiger partial charge in [-0.05, 0) is 49.4 Å². The normalized spacial score (nSPS) is 14.5. The lowest BCUT2D eigenvalue weighted by atomic mass is 9.87. The van der Waals surface area contributed by atoms with E-state index in [0.717, 1.165) is 24.8 Å². The number of ketones is 1. The number of fused-ring (bicyclic) bond motifs is 1. The van der Waals surface area contributed by atoms with Gasteiger partial charge in [0.05, 0.1) is 29.6 Å². The van der Waals surface area contributed by atoms with E-state index in [-0.39, 0.29) is 29.0 Å². The van der Waals surface area contributed by atoms with Crippen molar-refractivity contribution in [3.05, 3.63) is 106 Å². The topological polar surface area (TPSA) is 93.4 Å². The number of nitrogens with one attached hydrogen (secondary N) is 2. The van der Waals surface area contributed by atoms with Crippen LogP contribution in [0.4, 0.5) is 16.4 Å². The Labute approximate surface area is 220 Å². The number of nitrogens with two attached hydrogens (primary N) is 1. The number of aryl methyl sites for hydroxylation is 1. The van der Waals surface area contributed by atoms with Gasteiger partial charge in [0.25, 0.3) is 5.91 Å². The highest BCUT2D eigenvalue weighted by molar-refractivity contribution is 7.19. The van der Waals surface area contributed by atoms with Gasteiger partial charge in [-0.25, -0.2) is 0 Å². The van der Waals surface area contributed by atoms with Crippen LogP contribution in [-0.4, -0.2) is 18.3 Å². The quantitative estimate of drug-likeness (QED) is 0.235. The maximum absolute atomic E-state index is 13.8. The van der Waals surface area contributed by atoms with E-state index in [1.54, 1.807) is 12.1 Å². The first-order chi connectivity index (χ1) is 18.1. The number of para-hydroxylation sites is 2. The first-order valence-corrected chi connectivity index (χ1v) is 13.3. The molecule has 0 bridgehead atoms. The third kappa shape index (κ3) is 5.08. The van der Waals surface area contributed by atoms with Crippen molar-refractivity contribution >= 4 is 39.4 Å². The fraction of sp³-hybridized carbons (Fsp3) is 0.200. The molecule has 0 radical (unpaired) electrons. The van der Waals surface area contributed by atoms with Crippen molar-refractivity contribution in [1.82, 2.24) is 5.32 Å². The fourth-order valence-corrected chi connectivity index (χ4v) is 5.85. The zero-order valence-electron chi connectivity index (χ0n) is 20.6. The van der Waals surface area contributed by atoms with Gasteiger partial charge in [0.1, 0.15) is 15.6 Å². The molecule has 7 heteroatoms. The summed E-state index contributed by atoms with van der Waals surface area (Å²) in [5, 5.41) is 7.03. The minimum absolute atomic E-state index is 0.117. The number of ether oxygens (including phenoxy) is 1. The van der Waals surface area contributed by atoms with Gasteiger partial charge in [-0.15, -0.1) is 11.3 Å². The lowest BCUT2D eigenvalue weighted by Crippen LogP contribution is -2.31.